The van der Waals surface area contributed by atoms with E-state index in [-0.39, 0.29) is 18.7 Å². The highest BCUT2D eigenvalue weighted by Gasteiger charge is 2.50. The predicted molar refractivity (Wildman–Crippen MR) is 106 cm³/mol. The number of anilines is 1. The van der Waals surface area contributed by atoms with Gasteiger partial charge in [0.1, 0.15) is 0 Å². The first kappa shape index (κ1) is 19.6. The summed E-state index contributed by atoms with van der Waals surface area (Å²) < 4.78 is 10.4. The molecule has 1 N–H and O–H groups in total. The fraction of sp³-hybridized carbons (Fsp3) is 0.273. The number of benzene rings is 2. The normalized spacial score (nSPS) is 18.0. The molecule has 3 rings (SSSR count). The van der Waals surface area contributed by atoms with Crippen LogP contribution in [0.1, 0.15) is 29.3 Å². The average molecular weight is 381 g/mol. The summed E-state index contributed by atoms with van der Waals surface area (Å²) in [6.45, 7) is 5.94. The number of Topliss-reactive ketones (excluding diaryl/α,β-unsaturated/α-hetero) is 1. The van der Waals surface area contributed by atoms with Crippen LogP contribution in [0.5, 0.6) is 11.5 Å². The summed E-state index contributed by atoms with van der Waals surface area (Å²) in [5, 5.41) is 11.3. The number of para-hydroxylation sites is 1. The largest absolute Gasteiger partial charge is 0.493 e. The molecule has 1 amide bonds. The number of ketones is 1. The Kier molecular flexibility index (Phi) is 5.25. The zero-order valence-corrected chi connectivity index (χ0v) is 16.2. The SMILES string of the molecule is C=C(C)CN1C(=O)[C@@](O)(CC(=O)c2ccc(OC)c(OC)c2)c2ccccc21. The van der Waals surface area contributed by atoms with Gasteiger partial charge in [-0.2, -0.15) is 0 Å². The Hall–Kier alpha value is -3.12. The number of hydrogen-bond donors (Lipinski definition) is 1. The van der Waals surface area contributed by atoms with E-state index in [4.69, 9.17) is 9.47 Å². The minimum atomic E-state index is -1.92. The van der Waals surface area contributed by atoms with Crippen molar-refractivity contribution in [2.24, 2.45) is 0 Å². The van der Waals surface area contributed by atoms with Crippen LogP contribution in [0.25, 0.3) is 0 Å². The second-order valence-corrected chi connectivity index (χ2v) is 6.90. The molecule has 2 aromatic rings. The first-order valence-corrected chi connectivity index (χ1v) is 8.85. The molecule has 146 valence electrons. The minimum absolute atomic E-state index is 0.280. The van der Waals surface area contributed by atoms with E-state index in [1.165, 1.54) is 19.1 Å². The molecule has 1 heterocycles. The van der Waals surface area contributed by atoms with E-state index in [2.05, 4.69) is 6.58 Å². The van der Waals surface area contributed by atoms with Gasteiger partial charge in [0.05, 0.1) is 26.3 Å². The van der Waals surface area contributed by atoms with Crippen molar-refractivity contribution in [2.75, 3.05) is 25.7 Å². The maximum absolute atomic E-state index is 13.0. The lowest BCUT2D eigenvalue weighted by molar-refractivity contribution is -0.135. The van der Waals surface area contributed by atoms with Crippen LogP contribution in [0.4, 0.5) is 5.69 Å². The van der Waals surface area contributed by atoms with E-state index in [9.17, 15) is 14.7 Å². The molecule has 0 aromatic heterocycles. The highest BCUT2D eigenvalue weighted by Crippen LogP contribution is 2.43. The van der Waals surface area contributed by atoms with Crippen LogP contribution in [-0.4, -0.2) is 37.6 Å². The van der Waals surface area contributed by atoms with Gasteiger partial charge in [0, 0.05) is 17.7 Å². The van der Waals surface area contributed by atoms with Crippen molar-refractivity contribution in [3.05, 3.63) is 65.7 Å². The third-order valence-electron chi connectivity index (χ3n) is 4.79. The number of ether oxygens (including phenoxy) is 2. The summed E-state index contributed by atoms with van der Waals surface area (Å²) in [4.78, 5) is 27.4. The van der Waals surface area contributed by atoms with Crippen molar-refractivity contribution in [1.82, 2.24) is 0 Å². The van der Waals surface area contributed by atoms with Gasteiger partial charge in [-0.3, -0.25) is 9.59 Å². The molecule has 28 heavy (non-hydrogen) atoms. The van der Waals surface area contributed by atoms with Gasteiger partial charge in [-0.25, -0.2) is 0 Å². The van der Waals surface area contributed by atoms with Crippen LogP contribution in [0.15, 0.2) is 54.6 Å². The predicted octanol–water partition coefficient (Wildman–Crippen LogP) is 3.09. The Morgan fingerprint density at radius 3 is 2.46 bits per heavy atom. The van der Waals surface area contributed by atoms with Crippen LogP contribution in [-0.2, 0) is 10.4 Å². The Balaban J connectivity index is 1.96. The summed E-state index contributed by atoms with van der Waals surface area (Å²) in [6, 6.07) is 11.7. The third-order valence-corrected chi connectivity index (χ3v) is 4.79. The molecule has 0 radical (unpaired) electrons. The molecule has 6 heteroatoms. The van der Waals surface area contributed by atoms with Crippen molar-refractivity contribution in [3.63, 3.8) is 0 Å². The van der Waals surface area contributed by atoms with Gasteiger partial charge < -0.3 is 19.5 Å². The van der Waals surface area contributed by atoms with Gasteiger partial charge in [0.25, 0.3) is 5.91 Å². The molecule has 0 bridgehead atoms. The van der Waals surface area contributed by atoms with Crippen LogP contribution < -0.4 is 14.4 Å². The average Bonchev–Trinajstić information content (AvgIpc) is 2.89. The molecule has 1 atom stereocenters. The number of carbonyl (C=O) groups is 2. The van der Waals surface area contributed by atoms with Crippen molar-refractivity contribution >= 4 is 17.4 Å². The quantitative estimate of drug-likeness (QED) is 0.589. The molecule has 0 saturated heterocycles. The highest BCUT2D eigenvalue weighted by molar-refractivity contribution is 6.11. The van der Waals surface area contributed by atoms with Crippen LogP contribution >= 0.6 is 0 Å². The van der Waals surface area contributed by atoms with Crippen molar-refractivity contribution in [3.8, 4) is 11.5 Å². The Labute approximate surface area is 164 Å². The number of nitrogens with zero attached hydrogens (tertiary/aromatic N) is 1. The maximum Gasteiger partial charge on any atom is 0.264 e. The molecule has 1 aliphatic rings. The second kappa shape index (κ2) is 7.48. The Morgan fingerprint density at radius 2 is 1.82 bits per heavy atom. The molecule has 2 aromatic carbocycles. The number of carbonyl (C=O) groups excluding carboxylic acids is 2. The summed E-state index contributed by atoms with van der Waals surface area (Å²) in [7, 11) is 2.98. The zero-order chi connectivity index (χ0) is 20.5. The first-order valence-electron chi connectivity index (χ1n) is 8.85. The lowest BCUT2D eigenvalue weighted by Gasteiger charge is -2.23. The number of hydrogen-bond acceptors (Lipinski definition) is 5. The molecule has 6 nitrogen and oxygen atoms in total. The fourth-order valence-electron chi connectivity index (χ4n) is 3.45. The number of fused-ring (bicyclic) bond motifs is 1. The zero-order valence-electron chi connectivity index (χ0n) is 16.2. The summed E-state index contributed by atoms with van der Waals surface area (Å²) >= 11 is 0. The van der Waals surface area contributed by atoms with E-state index < -0.39 is 11.5 Å². The van der Waals surface area contributed by atoms with Gasteiger partial charge in [-0.05, 0) is 31.2 Å². The lowest BCUT2D eigenvalue weighted by Crippen LogP contribution is -2.42. The smallest absolute Gasteiger partial charge is 0.264 e. The number of amides is 1. The number of rotatable bonds is 7. The number of aliphatic hydroxyl groups is 1. The molecule has 0 saturated carbocycles. The Morgan fingerprint density at radius 1 is 1.14 bits per heavy atom. The monoisotopic (exact) mass is 381 g/mol. The molecule has 0 aliphatic carbocycles. The topological polar surface area (TPSA) is 76.1 Å². The van der Waals surface area contributed by atoms with Gasteiger partial charge >= 0.3 is 0 Å². The van der Waals surface area contributed by atoms with E-state index >= 15 is 0 Å². The fourth-order valence-corrected chi connectivity index (χ4v) is 3.45. The molecule has 0 unspecified atom stereocenters. The van der Waals surface area contributed by atoms with Crippen molar-refractivity contribution < 1.29 is 24.2 Å². The Bertz CT molecular complexity index is 952. The molecular formula is C22H23NO5. The van der Waals surface area contributed by atoms with Crippen LogP contribution in [0, 0.1) is 0 Å². The third kappa shape index (κ3) is 3.27. The van der Waals surface area contributed by atoms with E-state index in [0.717, 1.165) is 5.57 Å². The van der Waals surface area contributed by atoms with Crippen molar-refractivity contribution in [2.45, 2.75) is 18.9 Å². The summed E-state index contributed by atoms with van der Waals surface area (Å²) in [5.74, 6) is 0.00406. The number of methoxy groups -OCH3 is 2. The van der Waals surface area contributed by atoms with E-state index in [0.29, 0.717) is 28.3 Å². The standard InChI is InChI=1S/C22H23NO5/c1-14(2)13-23-17-8-6-5-7-16(17)22(26,21(23)25)12-18(24)15-9-10-19(27-3)20(11-15)28-4/h5-11,26H,1,12-13H2,2-4H3/t22-/m1/s1. The maximum atomic E-state index is 13.0. The minimum Gasteiger partial charge on any atom is -0.493 e. The molecule has 1 aliphatic heterocycles. The van der Waals surface area contributed by atoms with Gasteiger partial charge in [0.15, 0.2) is 22.9 Å². The van der Waals surface area contributed by atoms with Gasteiger partial charge in [0.2, 0.25) is 0 Å². The van der Waals surface area contributed by atoms with Crippen molar-refractivity contribution in [1.29, 1.82) is 0 Å². The van der Waals surface area contributed by atoms with Gasteiger partial charge in [-0.15, -0.1) is 0 Å². The second-order valence-electron chi connectivity index (χ2n) is 6.90. The van der Waals surface area contributed by atoms with Crippen LogP contribution in [0.2, 0.25) is 0 Å². The van der Waals surface area contributed by atoms with Crippen LogP contribution in [0.3, 0.4) is 0 Å². The lowest BCUT2D eigenvalue weighted by atomic mass is 9.88. The van der Waals surface area contributed by atoms with E-state index in [1.807, 2.05) is 6.92 Å². The summed E-state index contributed by atoms with van der Waals surface area (Å²) in [6.07, 6.45) is -0.370. The highest BCUT2D eigenvalue weighted by atomic mass is 16.5. The molecule has 0 fully saturated rings. The summed E-state index contributed by atoms with van der Waals surface area (Å²) in [5.41, 5.74) is 0.206. The van der Waals surface area contributed by atoms with E-state index in [1.54, 1.807) is 42.5 Å². The van der Waals surface area contributed by atoms with Gasteiger partial charge in [-0.1, -0.05) is 30.4 Å². The molecule has 0 spiro atoms. The molecular weight excluding hydrogens is 358 g/mol. The first-order chi connectivity index (χ1) is 13.3.